The minimum absolute atomic E-state index is 0.0185. The van der Waals surface area contributed by atoms with Crippen molar-refractivity contribution in [1.82, 2.24) is 10.2 Å². The summed E-state index contributed by atoms with van der Waals surface area (Å²) < 4.78 is 0. The molecular weight excluding hydrogens is 382 g/mol. The lowest BCUT2D eigenvalue weighted by Crippen LogP contribution is -2.49. The van der Waals surface area contributed by atoms with E-state index in [0.717, 1.165) is 24.4 Å². The average molecular weight is 424 g/mol. The number of hydrogen-bond donors (Lipinski definition) is 2. The third-order valence-electron chi connectivity index (χ3n) is 7.93. The largest absolute Gasteiger partial charge is 0.384 e. The molecule has 0 aromatic rings. The summed E-state index contributed by atoms with van der Waals surface area (Å²) in [7, 11) is 0. The SMILES string of the molecule is C#CCCC(CC(=O)C=C)NC(=C)C1[C@H]2C[C@H]2CN1C(=C)C(N)C1(C)CCCCCC1. The Morgan fingerprint density at radius 2 is 2.00 bits per heavy atom. The molecule has 3 N–H and O–H groups in total. The van der Waals surface area contributed by atoms with Crippen molar-refractivity contribution >= 4 is 5.78 Å². The topological polar surface area (TPSA) is 58.4 Å². The molecule has 5 atom stereocenters. The van der Waals surface area contributed by atoms with Crippen molar-refractivity contribution in [3.8, 4) is 12.3 Å². The average Bonchev–Trinajstić information content (AvgIpc) is 3.47. The first-order chi connectivity index (χ1) is 14.8. The van der Waals surface area contributed by atoms with E-state index in [1.165, 1.54) is 51.0 Å². The second-order valence-electron chi connectivity index (χ2n) is 10.3. The number of rotatable bonds is 11. The van der Waals surface area contributed by atoms with Gasteiger partial charge in [0.15, 0.2) is 5.78 Å². The van der Waals surface area contributed by atoms with Crippen LogP contribution in [-0.2, 0) is 4.79 Å². The molecule has 0 aromatic carbocycles. The Bertz CT molecular complexity index is 740. The van der Waals surface area contributed by atoms with Gasteiger partial charge in [0.25, 0.3) is 0 Å². The van der Waals surface area contributed by atoms with Crippen molar-refractivity contribution < 1.29 is 4.79 Å². The zero-order chi connectivity index (χ0) is 22.6. The number of terminal acetylenes is 1. The second kappa shape index (κ2) is 10.1. The first-order valence-corrected chi connectivity index (χ1v) is 12.1. The molecule has 4 nitrogen and oxygen atoms in total. The summed E-state index contributed by atoms with van der Waals surface area (Å²) in [6.07, 6.45) is 17.4. The van der Waals surface area contributed by atoms with Gasteiger partial charge in [-0.25, -0.2) is 0 Å². The van der Waals surface area contributed by atoms with E-state index >= 15 is 0 Å². The molecule has 0 aromatic heterocycles. The summed E-state index contributed by atoms with van der Waals surface area (Å²) in [6, 6.07) is 0.151. The molecule has 3 rings (SSSR count). The van der Waals surface area contributed by atoms with Gasteiger partial charge in [-0.1, -0.05) is 52.3 Å². The summed E-state index contributed by atoms with van der Waals surface area (Å²) in [4.78, 5) is 14.4. The Labute approximate surface area is 189 Å². The predicted octanol–water partition coefficient (Wildman–Crippen LogP) is 4.54. The minimum atomic E-state index is -0.0296. The van der Waals surface area contributed by atoms with Gasteiger partial charge >= 0.3 is 0 Å². The van der Waals surface area contributed by atoms with E-state index in [9.17, 15) is 4.79 Å². The van der Waals surface area contributed by atoms with Gasteiger partial charge in [-0.2, -0.15) is 0 Å². The number of ketones is 1. The van der Waals surface area contributed by atoms with Crippen molar-refractivity contribution in [1.29, 1.82) is 0 Å². The lowest BCUT2D eigenvalue weighted by atomic mass is 9.74. The van der Waals surface area contributed by atoms with Crippen molar-refractivity contribution in [2.24, 2.45) is 23.0 Å². The molecular formula is C27H41N3O. The van der Waals surface area contributed by atoms with Crippen molar-refractivity contribution in [2.75, 3.05) is 6.54 Å². The van der Waals surface area contributed by atoms with E-state index in [4.69, 9.17) is 12.2 Å². The molecule has 3 unspecified atom stereocenters. The van der Waals surface area contributed by atoms with Gasteiger partial charge in [-0.15, -0.1) is 12.3 Å². The van der Waals surface area contributed by atoms with Crippen LogP contribution in [0.25, 0.3) is 0 Å². The molecule has 1 heterocycles. The second-order valence-corrected chi connectivity index (χ2v) is 10.3. The highest BCUT2D eigenvalue weighted by Crippen LogP contribution is 2.53. The molecule has 0 spiro atoms. The fourth-order valence-corrected chi connectivity index (χ4v) is 5.79. The smallest absolute Gasteiger partial charge is 0.157 e. The molecule has 3 aliphatic rings. The maximum absolute atomic E-state index is 12.0. The standard InChI is InChI=1S/C27H41N3O/c1-6-8-13-22(17-23(31)7-2)29-19(3)25-24-16-21(24)18-30(25)20(4)26(28)27(5)14-11-9-10-12-15-27/h1,7,21-22,24-26,29H,2-4,8-18,28H2,5H3/t21-,22?,24-,25?,26?/m0/s1. The van der Waals surface area contributed by atoms with E-state index in [-0.39, 0.29) is 29.3 Å². The molecule has 4 heteroatoms. The maximum atomic E-state index is 12.0. The van der Waals surface area contributed by atoms with Crippen LogP contribution in [0, 0.1) is 29.6 Å². The zero-order valence-corrected chi connectivity index (χ0v) is 19.4. The van der Waals surface area contributed by atoms with Crippen LogP contribution in [-0.4, -0.2) is 35.4 Å². The number of carbonyl (C=O) groups excluding carboxylic acids is 1. The quantitative estimate of drug-likeness (QED) is 0.291. The van der Waals surface area contributed by atoms with Gasteiger partial charge < -0.3 is 16.0 Å². The minimum Gasteiger partial charge on any atom is -0.384 e. The molecule has 0 radical (unpaired) electrons. The molecule has 1 saturated heterocycles. The van der Waals surface area contributed by atoms with Crippen LogP contribution in [0.5, 0.6) is 0 Å². The van der Waals surface area contributed by atoms with Gasteiger partial charge in [0, 0.05) is 42.9 Å². The van der Waals surface area contributed by atoms with Crippen LogP contribution in [0.1, 0.15) is 71.1 Å². The number of nitrogens with two attached hydrogens (primary N) is 1. The van der Waals surface area contributed by atoms with Gasteiger partial charge in [0.1, 0.15) is 0 Å². The summed E-state index contributed by atoms with van der Waals surface area (Å²) in [5.74, 6) is 4.03. The number of piperidine rings is 1. The monoisotopic (exact) mass is 423 g/mol. The van der Waals surface area contributed by atoms with Crippen LogP contribution >= 0.6 is 0 Å². The summed E-state index contributed by atoms with van der Waals surface area (Å²) in [6.45, 7) is 15.9. The summed E-state index contributed by atoms with van der Waals surface area (Å²) in [5.41, 5.74) is 9.03. The first-order valence-electron chi connectivity index (χ1n) is 12.1. The Kier molecular flexibility index (Phi) is 7.70. The first kappa shape index (κ1) is 23.7. The molecule has 3 fully saturated rings. The predicted molar refractivity (Wildman–Crippen MR) is 129 cm³/mol. The number of allylic oxidation sites excluding steroid dienone is 1. The third kappa shape index (κ3) is 5.44. The fraction of sp³-hybridized carbons (Fsp3) is 0.667. The maximum Gasteiger partial charge on any atom is 0.157 e. The number of carbonyl (C=O) groups is 1. The lowest BCUT2D eigenvalue weighted by molar-refractivity contribution is -0.115. The molecule has 170 valence electrons. The number of nitrogens with zero attached hydrogens (tertiary/aromatic N) is 1. The Hall–Kier alpha value is -1.99. The number of fused-ring (bicyclic) bond motifs is 1. The van der Waals surface area contributed by atoms with E-state index in [1.54, 1.807) is 0 Å². The van der Waals surface area contributed by atoms with E-state index in [0.29, 0.717) is 24.7 Å². The van der Waals surface area contributed by atoms with Gasteiger partial charge in [-0.05, 0) is 49.0 Å². The normalized spacial score (nSPS) is 28.4. The highest BCUT2D eigenvalue weighted by molar-refractivity contribution is 5.89. The number of likely N-dealkylation sites (tertiary alicyclic amines) is 1. The highest BCUT2D eigenvalue weighted by atomic mass is 16.1. The summed E-state index contributed by atoms with van der Waals surface area (Å²) in [5, 5.41) is 3.56. The zero-order valence-electron chi connectivity index (χ0n) is 19.4. The van der Waals surface area contributed by atoms with Crippen LogP contribution in [0.4, 0.5) is 0 Å². The van der Waals surface area contributed by atoms with Crippen molar-refractivity contribution in [3.63, 3.8) is 0 Å². The van der Waals surface area contributed by atoms with Crippen LogP contribution in [0.15, 0.2) is 37.2 Å². The number of nitrogens with one attached hydrogen (secondary N) is 1. The van der Waals surface area contributed by atoms with E-state index in [2.05, 4.69) is 42.8 Å². The molecule has 0 amide bonds. The third-order valence-corrected chi connectivity index (χ3v) is 7.93. The van der Waals surface area contributed by atoms with E-state index in [1.807, 2.05) is 0 Å². The summed E-state index contributed by atoms with van der Waals surface area (Å²) >= 11 is 0. The Morgan fingerprint density at radius 1 is 1.32 bits per heavy atom. The highest BCUT2D eigenvalue weighted by Gasteiger charge is 2.55. The molecule has 1 aliphatic heterocycles. The Morgan fingerprint density at radius 3 is 2.61 bits per heavy atom. The number of hydrogen-bond acceptors (Lipinski definition) is 4. The van der Waals surface area contributed by atoms with Crippen LogP contribution in [0.3, 0.4) is 0 Å². The van der Waals surface area contributed by atoms with Gasteiger partial charge in [0.2, 0.25) is 0 Å². The fourth-order valence-electron chi connectivity index (χ4n) is 5.79. The van der Waals surface area contributed by atoms with Gasteiger partial charge in [0.05, 0.1) is 6.04 Å². The Balaban J connectivity index is 1.69. The van der Waals surface area contributed by atoms with Crippen molar-refractivity contribution in [2.45, 2.75) is 89.3 Å². The van der Waals surface area contributed by atoms with E-state index < -0.39 is 0 Å². The molecule has 0 bridgehead atoms. The van der Waals surface area contributed by atoms with Crippen LogP contribution < -0.4 is 11.1 Å². The molecule has 31 heavy (non-hydrogen) atoms. The lowest BCUT2D eigenvalue weighted by Gasteiger charge is -2.42. The van der Waals surface area contributed by atoms with Crippen LogP contribution in [0.2, 0.25) is 0 Å². The van der Waals surface area contributed by atoms with Crippen molar-refractivity contribution in [3.05, 3.63) is 37.2 Å². The van der Waals surface area contributed by atoms with Gasteiger partial charge in [-0.3, -0.25) is 4.79 Å². The molecule has 2 saturated carbocycles. The molecule has 2 aliphatic carbocycles.